The predicted molar refractivity (Wildman–Crippen MR) is 111 cm³/mol. The van der Waals surface area contributed by atoms with Gasteiger partial charge in [-0.15, -0.1) is 0 Å². The lowest BCUT2D eigenvalue weighted by molar-refractivity contribution is 0.236. The fraction of sp³-hybridized carbons (Fsp3) is 0.737. The number of piperazine rings is 1. The molecular weight excluding hydrogens is 358 g/mol. The molecule has 2 aromatic heterocycles. The summed E-state index contributed by atoms with van der Waals surface area (Å²) >= 11 is 0. The first-order valence-corrected chi connectivity index (χ1v) is 10.5. The molecule has 0 aliphatic carbocycles. The van der Waals surface area contributed by atoms with E-state index < -0.39 is 0 Å². The number of nitrogens with one attached hydrogen (secondary N) is 2. The highest BCUT2D eigenvalue weighted by Crippen LogP contribution is 2.18. The minimum atomic E-state index is -0.192. The summed E-state index contributed by atoms with van der Waals surface area (Å²) in [6.07, 6.45) is 6.35. The number of aromatic nitrogens is 4. The molecule has 3 heterocycles. The molecule has 9 nitrogen and oxygen atoms in total. The van der Waals surface area contributed by atoms with Gasteiger partial charge in [-0.1, -0.05) is 26.2 Å². The van der Waals surface area contributed by atoms with Gasteiger partial charge in [0.15, 0.2) is 11.5 Å². The summed E-state index contributed by atoms with van der Waals surface area (Å²) in [5.41, 5.74) is 6.82. The smallest absolute Gasteiger partial charge is 0.327 e. The molecule has 0 atom stereocenters. The van der Waals surface area contributed by atoms with Crippen LogP contribution in [0.2, 0.25) is 0 Å². The lowest BCUT2D eigenvalue weighted by Crippen LogP contribution is -2.43. The summed E-state index contributed by atoms with van der Waals surface area (Å²) < 4.78 is 7.22. The molecule has 0 amide bonds. The zero-order valence-electron chi connectivity index (χ0n) is 16.9. The van der Waals surface area contributed by atoms with E-state index in [0.717, 1.165) is 58.4 Å². The van der Waals surface area contributed by atoms with Crippen molar-refractivity contribution in [3.8, 4) is 6.01 Å². The van der Waals surface area contributed by atoms with E-state index in [2.05, 4.69) is 32.1 Å². The molecule has 1 saturated heterocycles. The number of unbranched alkanes of at least 4 members (excludes halogenated alkanes) is 4. The van der Waals surface area contributed by atoms with Crippen LogP contribution in [0.3, 0.4) is 0 Å². The van der Waals surface area contributed by atoms with E-state index in [0.29, 0.717) is 24.3 Å². The van der Waals surface area contributed by atoms with Gasteiger partial charge in [0.2, 0.25) is 0 Å². The van der Waals surface area contributed by atoms with Gasteiger partial charge in [0.1, 0.15) is 5.52 Å². The minimum absolute atomic E-state index is 0.192. The number of aryl methyl sites for hydroxylation is 1. The molecule has 1 fully saturated rings. The zero-order valence-corrected chi connectivity index (χ0v) is 16.9. The van der Waals surface area contributed by atoms with Gasteiger partial charge in [-0.2, -0.15) is 9.97 Å². The summed E-state index contributed by atoms with van der Waals surface area (Å²) in [5, 5.41) is 3.38. The van der Waals surface area contributed by atoms with E-state index in [1.807, 2.05) is 0 Å². The molecule has 4 N–H and O–H groups in total. The van der Waals surface area contributed by atoms with Crippen molar-refractivity contribution in [3.05, 3.63) is 10.5 Å². The second-order valence-electron chi connectivity index (χ2n) is 7.38. The van der Waals surface area contributed by atoms with Crippen molar-refractivity contribution >= 4 is 17.0 Å². The Kier molecular flexibility index (Phi) is 7.67. The first-order chi connectivity index (χ1) is 13.7. The Morgan fingerprint density at radius 2 is 1.82 bits per heavy atom. The van der Waals surface area contributed by atoms with E-state index in [1.54, 1.807) is 4.57 Å². The van der Waals surface area contributed by atoms with Crippen molar-refractivity contribution in [2.45, 2.75) is 52.0 Å². The summed E-state index contributed by atoms with van der Waals surface area (Å²) in [4.78, 5) is 26.2. The van der Waals surface area contributed by atoms with Crippen LogP contribution in [0.4, 0.5) is 5.82 Å². The number of H-pyrrole nitrogens is 1. The maximum Gasteiger partial charge on any atom is 0.327 e. The van der Waals surface area contributed by atoms with Gasteiger partial charge >= 0.3 is 11.7 Å². The second kappa shape index (κ2) is 10.4. The van der Waals surface area contributed by atoms with Crippen LogP contribution in [-0.2, 0) is 6.54 Å². The van der Waals surface area contributed by atoms with E-state index in [-0.39, 0.29) is 17.5 Å². The summed E-state index contributed by atoms with van der Waals surface area (Å²) in [6, 6.07) is 0.238. The van der Waals surface area contributed by atoms with Crippen LogP contribution in [0.1, 0.15) is 45.4 Å². The molecule has 28 heavy (non-hydrogen) atoms. The number of hydrogen-bond donors (Lipinski definition) is 3. The Balaban J connectivity index is 1.51. The number of imidazole rings is 1. The van der Waals surface area contributed by atoms with Crippen molar-refractivity contribution in [2.24, 2.45) is 0 Å². The van der Waals surface area contributed by atoms with E-state index >= 15 is 0 Å². The maximum atomic E-state index is 12.3. The number of hydrogen-bond acceptors (Lipinski definition) is 7. The van der Waals surface area contributed by atoms with Crippen molar-refractivity contribution in [1.82, 2.24) is 29.7 Å². The molecule has 0 unspecified atom stereocenters. The number of anilines is 1. The molecule has 3 rings (SSSR count). The van der Waals surface area contributed by atoms with Gasteiger partial charge in [0, 0.05) is 32.7 Å². The molecule has 0 bridgehead atoms. The van der Waals surface area contributed by atoms with Crippen LogP contribution in [-0.4, -0.2) is 63.7 Å². The molecule has 1 aliphatic rings. The summed E-state index contributed by atoms with van der Waals surface area (Å²) in [7, 11) is 0. The molecule has 0 aromatic carbocycles. The number of nitrogen functional groups attached to an aromatic ring is 1. The van der Waals surface area contributed by atoms with Crippen LogP contribution < -0.4 is 21.5 Å². The summed E-state index contributed by atoms with van der Waals surface area (Å²) in [5.74, 6) is 0.253. The number of rotatable bonds is 11. The van der Waals surface area contributed by atoms with Gasteiger partial charge in [-0.05, 0) is 25.8 Å². The van der Waals surface area contributed by atoms with Crippen LogP contribution >= 0.6 is 0 Å². The highest BCUT2D eigenvalue weighted by Gasteiger charge is 2.14. The molecule has 0 radical (unpaired) electrons. The topological polar surface area (TPSA) is 114 Å². The van der Waals surface area contributed by atoms with Gasteiger partial charge in [0.25, 0.3) is 0 Å². The predicted octanol–water partition coefficient (Wildman–Crippen LogP) is 1.35. The number of nitrogens with two attached hydrogens (primary N) is 1. The number of nitrogens with zero attached hydrogens (tertiary/aromatic N) is 4. The Hall–Kier alpha value is -2.13. The summed E-state index contributed by atoms with van der Waals surface area (Å²) in [6.45, 7) is 8.91. The van der Waals surface area contributed by atoms with Crippen LogP contribution in [0, 0.1) is 0 Å². The fourth-order valence-corrected chi connectivity index (χ4v) is 3.50. The Morgan fingerprint density at radius 3 is 2.57 bits per heavy atom. The quantitative estimate of drug-likeness (QED) is 0.495. The molecule has 156 valence electrons. The third-order valence-electron chi connectivity index (χ3n) is 5.17. The molecule has 2 aromatic rings. The van der Waals surface area contributed by atoms with Gasteiger partial charge in [-0.25, -0.2) is 4.79 Å². The molecule has 1 aliphatic heterocycles. The highest BCUT2D eigenvalue weighted by atomic mass is 16.5. The second-order valence-corrected chi connectivity index (χ2v) is 7.38. The van der Waals surface area contributed by atoms with Crippen molar-refractivity contribution < 1.29 is 4.74 Å². The van der Waals surface area contributed by atoms with Crippen molar-refractivity contribution in [2.75, 3.05) is 45.1 Å². The molecule has 0 saturated carbocycles. The standard InChI is InChI=1S/C19H33N7O2/c1-2-3-14-28-18-23-16(20)15-17(24-18)26(19(27)22-15)11-7-5-4-6-10-25-12-8-21-9-13-25/h21H,2-14H2,1H3,(H,22,27)(H2,20,23,24). The van der Waals surface area contributed by atoms with E-state index in [9.17, 15) is 4.79 Å². The maximum absolute atomic E-state index is 12.3. The number of fused-ring (bicyclic) bond motifs is 1. The molecule has 0 spiro atoms. The number of ether oxygens (including phenoxy) is 1. The highest BCUT2D eigenvalue weighted by molar-refractivity contribution is 5.81. The first kappa shape index (κ1) is 20.6. The third kappa shape index (κ3) is 5.45. The van der Waals surface area contributed by atoms with E-state index in [1.165, 1.54) is 12.8 Å². The third-order valence-corrected chi connectivity index (χ3v) is 5.17. The van der Waals surface area contributed by atoms with Crippen LogP contribution in [0.25, 0.3) is 11.2 Å². The number of aromatic amines is 1. The molecular formula is C19H33N7O2. The van der Waals surface area contributed by atoms with Crippen molar-refractivity contribution in [3.63, 3.8) is 0 Å². The SMILES string of the molecule is CCCCOc1nc(N)c2[nH]c(=O)n(CCCCCCN3CCNCC3)c2n1. The Morgan fingerprint density at radius 1 is 1.07 bits per heavy atom. The van der Waals surface area contributed by atoms with Gasteiger partial charge in [0.05, 0.1) is 6.61 Å². The van der Waals surface area contributed by atoms with Crippen LogP contribution in [0.15, 0.2) is 4.79 Å². The van der Waals surface area contributed by atoms with Gasteiger partial charge in [-0.3, -0.25) is 4.57 Å². The van der Waals surface area contributed by atoms with Crippen molar-refractivity contribution in [1.29, 1.82) is 0 Å². The lowest BCUT2D eigenvalue weighted by Gasteiger charge is -2.27. The monoisotopic (exact) mass is 391 g/mol. The lowest BCUT2D eigenvalue weighted by atomic mass is 10.2. The Labute approximate surface area is 165 Å². The normalized spacial score (nSPS) is 15.3. The molecule has 9 heteroatoms. The average Bonchev–Trinajstić information content (AvgIpc) is 3.02. The first-order valence-electron chi connectivity index (χ1n) is 10.5. The fourth-order valence-electron chi connectivity index (χ4n) is 3.50. The largest absolute Gasteiger partial charge is 0.463 e. The van der Waals surface area contributed by atoms with Gasteiger partial charge < -0.3 is 25.7 Å². The zero-order chi connectivity index (χ0) is 19.8. The minimum Gasteiger partial charge on any atom is -0.463 e. The van der Waals surface area contributed by atoms with E-state index in [4.69, 9.17) is 10.5 Å². The average molecular weight is 392 g/mol. The van der Waals surface area contributed by atoms with Crippen LogP contribution in [0.5, 0.6) is 6.01 Å². The Bertz CT molecular complexity index is 795.